The minimum Gasteiger partial charge on any atom is -0.305 e. The van der Waals surface area contributed by atoms with Gasteiger partial charge >= 0.3 is 0 Å². The first-order valence-electron chi connectivity index (χ1n) is 10.4. The van der Waals surface area contributed by atoms with E-state index in [1.807, 2.05) is 4.90 Å². The third-order valence-electron chi connectivity index (χ3n) is 5.76. The molecule has 0 saturated carbocycles. The molecule has 3 aromatic rings. The van der Waals surface area contributed by atoms with Gasteiger partial charge in [0.1, 0.15) is 11.6 Å². The Morgan fingerprint density at radius 2 is 1.44 bits per heavy atom. The van der Waals surface area contributed by atoms with Gasteiger partial charge in [0.15, 0.2) is 11.6 Å². The Bertz CT molecular complexity index is 1080. The van der Waals surface area contributed by atoms with Crippen molar-refractivity contribution in [2.75, 3.05) is 18.0 Å². The lowest BCUT2D eigenvalue weighted by atomic mass is 10.00. The average molecular weight is 442 g/mol. The first-order valence-corrected chi connectivity index (χ1v) is 10.4. The number of hydrogen-bond donors (Lipinski definition) is 0. The van der Waals surface area contributed by atoms with Gasteiger partial charge in [-0.05, 0) is 67.4 Å². The number of carbonyl (C=O) groups excluding carboxylic acids is 1. The molecule has 1 fully saturated rings. The summed E-state index contributed by atoms with van der Waals surface area (Å²) in [6.07, 6.45) is 1.20. The van der Waals surface area contributed by atoms with Gasteiger partial charge in [-0.25, -0.2) is 17.6 Å². The van der Waals surface area contributed by atoms with Crippen LogP contribution in [0.15, 0.2) is 66.7 Å². The van der Waals surface area contributed by atoms with Crippen LogP contribution in [0.5, 0.6) is 0 Å². The van der Waals surface area contributed by atoms with Crippen LogP contribution < -0.4 is 4.90 Å². The summed E-state index contributed by atoms with van der Waals surface area (Å²) < 4.78 is 54.3. The summed E-state index contributed by atoms with van der Waals surface area (Å²) in [6.45, 7) is 1.43. The maximum atomic E-state index is 14.0. The molecular formula is C25H22F4N2O. The molecule has 1 heterocycles. The van der Waals surface area contributed by atoms with Gasteiger partial charge in [-0.15, -0.1) is 0 Å². The standard InChI is InChI=1S/C25H22F4N2O/c26-19-6-4-17(5-7-19)25(32)31(21-10-8-20(27)9-11-21)22-12-14-30(15-13-22)16-18-2-1-3-23(28)24(18)29/h1-11,22H,12-16H2. The topological polar surface area (TPSA) is 23.6 Å². The van der Waals surface area contributed by atoms with Crippen LogP contribution in [0.1, 0.15) is 28.8 Å². The summed E-state index contributed by atoms with van der Waals surface area (Å²) in [5.74, 6) is -2.85. The van der Waals surface area contributed by atoms with Crippen molar-refractivity contribution in [3.63, 3.8) is 0 Å². The molecule has 0 unspecified atom stereocenters. The first-order chi connectivity index (χ1) is 15.4. The van der Waals surface area contributed by atoms with Crippen molar-refractivity contribution in [1.29, 1.82) is 0 Å². The van der Waals surface area contributed by atoms with E-state index >= 15 is 0 Å². The third-order valence-corrected chi connectivity index (χ3v) is 5.76. The second-order valence-corrected chi connectivity index (χ2v) is 7.88. The molecule has 0 aromatic heterocycles. The molecule has 0 aliphatic carbocycles. The molecule has 0 atom stereocenters. The highest BCUT2D eigenvalue weighted by molar-refractivity contribution is 6.06. The second-order valence-electron chi connectivity index (χ2n) is 7.88. The van der Waals surface area contributed by atoms with Crippen LogP contribution in [0.2, 0.25) is 0 Å². The molecule has 3 aromatic carbocycles. The summed E-state index contributed by atoms with van der Waals surface area (Å²) in [6, 6.07) is 15.0. The van der Waals surface area contributed by atoms with Gasteiger partial charge in [0.25, 0.3) is 5.91 Å². The summed E-state index contributed by atoms with van der Waals surface area (Å²) in [5, 5.41) is 0. The normalized spacial score (nSPS) is 15.0. The molecule has 4 rings (SSSR count). The quantitative estimate of drug-likeness (QED) is 0.484. The van der Waals surface area contributed by atoms with Crippen LogP contribution in [0.4, 0.5) is 23.2 Å². The van der Waals surface area contributed by atoms with E-state index in [-0.39, 0.29) is 18.5 Å². The Labute approximate surface area is 183 Å². The lowest BCUT2D eigenvalue weighted by Crippen LogP contribution is -2.47. The third kappa shape index (κ3) is 4.83. The second kappa shape index (κ2) is 9.53. The number of carbonyl (C=O) groups is 1. The van der Waals surface area contributed by atoms with Crippen LogP contribution in [-0.2, 0) is 6.54 Å². The van der Waals surface area contributed by atoms with Crippen LogP contribution in [0.25, 0.3) is 0 Å². The van der Waals surface area contributed by atoms with E-state index < -0.39 is 23.3 Å². The molecule has 0 bridgehead atoms. The van der Waals surface area contributed by atoms with Crippen molar-refractivity contribution in [1.82, 2.24) is 4.90 Å². The fraction of sp³-hybridized carbons (Fsp3) is 0.240. The van der Waals surface area contributed by atoms with Gasteiger partial charge in [0.2, 0.25) is 0 Å². The van der Waals surface area contributed by atoms with Gasteiger partial charge in [-0.1, -0.05) is 12.1 Å². The molecule has 0 radical (unpaired) electrons. The largest absolute Gasteiger partial charge is 0.305 e. The zero-order valence-corrected chi connectivity index (χ0v) is 17.3. The van der Waals surface area contributed by atoms with Gasteiger partial charge in [-0.3, -0.25) is 9.69 Å². The fourth-order valence-electron chi connectivity index (χ4n) is 4.07. The minimum atomic E-state index is -0.871. The van der Waals surface area contributed by atoms with Gasteiger partial charge < -0.3 is 4.90 Å². The van der Waals surface area contributed by atoms with Crippen molar-refractivity contribution < 1.29 is 22.4 Å². The number of hydrogen-bond acceptors (Lipinski definition) is 2. The van der Waals surface area contributed by atoms with Crippen molar-refractivity contribution in [3.8, 4) is 0 Å². The van der Waals surface area contributed by atoms with E-state index in [1.165, 1.54) is 42.5 Å². The van der Waals surface area contributed by atoms with E-state index in [2.05, 4.69) is 0 Å². The number of benzene rings is 3. The predicted molar refractivity (Wildman–Crippen MR) is 114 cm³/mol. The van der Waals surface area contributed by atoms with Crippen LogP contribution >= 0.6 is 0 Å². The Morgan fingerprint density at radius 1 is 0.844 bits per heavy atom. The maximum absolute atomic E-state index is 14.0. The number of halogens is 4. The number of anilines is 1. The zero-order chi connectivity index (χ0) is 22.7. The number of amides is 1. The highest BCUT2D eigenvalue weighted by atomic mass is 19.2. The van der Waals surface area contributed by atoms with Crippen molar-refractivity contribution in [2.24, 2.45) is 0 Å². The molecule has 3 nitrogen and oxygen atoms in total. The molecule has 0 spiro atoms. The van der Waals surface area contributed by atoms with Gasteiger partial charge in [0, 0.05) is 42.5 Å². The van der Waals surface area contributed by atoms with Crippen LogP contribution in [0.3, 0.4) is 0 Å². The first kappa shape index (κ1) is 22.0. The highest BCUT2D eigenvalue weighted by Gasteiger charge is 2.30. The lowest BCUT2D eigenvalue weighted by Gasteiger charge is -2.38. The SMILES string of the molecule is O=C(c1ccc(F)cc1)N(c1ccc(F)cc1)C1CCN(Cc2cccc(F)c2F)CC1. The van der Waals surface area contributed by atoms with Crippen molar-refractivity contribution in [2.45, 2.75) is 25.4 Å². The van der Waals surface area contributed by atoms with Crippen LogP contribution in [0, 0.1) is 23.3 Å². The lowest BCUT2D eigenvalue weighted by molar-refractivity contribution is 0.0958. The van der Waals surface area contributed by atoms with E-state index in [0.29, 0.717) is 42.7 Å². The average Bonchev–Trinajstić information content (AvgIpc) is 2.80. The van der Waals surface area contributed by atoms with Crippen LogP contribution in [-0.4, -0.2) is 29.9 Å². The number of nitrogens with zero attached hydrogens (tertiary/aromatic N) is 2. The van der Waals surface area contributed by atoms with E-state index in [9.17, 15) is 22.4 Å². The summed E-state index contributed by atoms with van der Waals surface area (Å²) in [7, 11) is 0. The molecular weight excluding hydrogens is 420 g/mol. The summed E-state index contributed by atoms with van der Waals surface area (Å²) >= 11 is 0. The van der Waals surface area contributed by atoms with Gasteiger partial charge in [0.05, 0.1) is 0 Å². The number of rotatable bonds is 5. The predicted octanol–water partition coefficient (Wildman–Crippen LogP) is 5.55. The maximum Gasteiger partial charge on any atom is 0.258 e. The smallest absolute Gasteiger partial charge is 0.258 e. The van der Waals surface area contributed by atoms with Crippen molar-refractivity contribution >= 4 is 11.6 Å². The molecule has 0 N–H and O–H groups in total. The monoisotopic (exact) mass is 442 g/mol. The van der Waals surface area contributed by atoms with Gasteiger partial charge in [-0.2, -0.15) is 0 Å². The summed E-state index contributed by atoms with van der Waals surface area (Å²) in [5.41, 5.74) is 1.18. The van der Waals surface area contributed by atoms with E-state index in [1.54, 1.807) is 23.1 Å². The fourth-order valence-corrected chi connectivity index (χ4v) is 4.07. The molecule has 166 valence electrons. The molecule has 1 aliphatic heterocycles. The molecule has 1 saturated heterocycles. The number of likely N-dealkylation sites (tertiary alicyclic amines) is 1. The summed E-state index contributed by atoms with van der Waals surface area (Å²) in [4.78, 5) is 16.9. The highest BCUT2D eigenvalue weighted by Crippen LogP contribution is 2.27. The zero-order valence-electron chi connectivity index (χ0n) is 17.3. The Hall–Kier alpha value is -3.19. The number of piperidine rings is 1. The van der Waals surface area contributed by atoms with Crippen molar-refractivity contribution in [3.05, 3.63) is 101 Å². The molecule has 1 amide bonds. The Kier molecular flexibility index (Phi) is 6.55. The minimum absolute atomic E-state index is 0.174. The molecule has 7 heteroatoms. The molecule has 1 aliphatic rings. The Balaban J connectivity index is 1.52. The molecule has 32 heavy (non-hydrogen) atoms. The van der Waals surface area contributed by atoms with E-state index in [0.717, 1.165) is 6.07 Å². The van der Waals surface area contributed by atoms with E-state index in [4.69, 9.17) is 0 Å². The Morgan fingerprint density at radius 3 is 2.06 bits per heavy atom.